The molecule has 0 unspecified atom stereocenters. The largest absolute Gasteiger partial charge is 0.346 e. The molecule has 6 nitrogen and oxygen atoms in total. The van der Waals surface area contributed by atoms with Crippen LogP contribution in [-0.2, 0) is 15.9 Å². The Hall–Kier alpha value is -1.50. The highest BCUT2D eigenvalue weighted by Gasteiger charge is 2.40. The molecule has 0 atom stereocenters. The minimum Gasteiger partial charge on any atom is -0.346 e. The van der Waals surface area contributed by atoms with Crippen molar-refractivity contribution in [3.05, 3.63) is 39.9 Å². The van der Waals surface area contributed by atoms with Crippen molar-refractivity contribution >= 4 is 5.69 Å². The van der Waals surface area contributed by atoms with Gasteiger partial charge < -0.3 is 9.47 Å². The number of nitrogens with zero attached hydrogens (tertiary/aromatic N) is 2. The van der Waals surface area contributed by atoms with E-state index in [2.05, 4.69) is 4.90 Å². The number of piperidine rings is 1. The maximum atomic E-state index is 10.6. The molecule has 114 valence electrons. The molecule has 2 saturated heterocycles. The molecule has 21 heavy (non-hydrogen) atoms. The summed E-state index contributed by atoms with van der Waals surface area (Å²) in [5.41, 5.74) is 1.26. The topological polar surface area (TPSA) is 64.8 Å². The van der Waals surface area contributed by atoms with Crippen LogP contribution in [0.4, 0.5) is 5.69 Å². The molecule has 0 bridgehead atoms. The van der Waals surface area contributed by atoms with Crippen molar-refractivity contribution in [2.45, 2.75) is 25.0 Å². The summed E-state index contributed by atoms with van der Waals surface area (Å²) in [5.74, 6) is -0.381. The molecule has 1 spiro atoms. The Balaban J connectivity index is 1.53. The van der Waals surface area contributed by atoms with Gasteiger partial charge in [0.05, 0.1) is 24.7 Å². The predicted molar refractivity (Wildman–Crippen MR) is 77.1 cm³/mol. The van der Waals surface area contributed by atoms with Gasteiger partial charge in [0.15, 0.2) is 5.79 Å². The van der Waals surface area contributed by atoms with Gasteiger partial charge in [-0.15, -0.1) is 0 Å². The van der Waals surface area contributed by atoms with E-state index in [4.69, 9.17) is 9.47 Å². The molecule has 0 N–H and O–H groups in total. The Morgan fingerprint density at radius 2 is 1.95 bits per heavy atom. The van der Waals surface area contributed by atoms with E-state index < -0.39 is 0 Å². The number of hydrogen-bond acceptors (Lipinski definition) is 5. The normalized spacial score (nSPS) is 21.7. The molecule has 1 aromatic carbocycles. The van der Waals surface area contributed by atoms with Crippen molar-refractivity contribution in [2.24, 2.45) is 0 Å². The molecule has 0 amide bonds. The zero-order chi connectivity index (χ0) is 14.7. The minimum atomic E-state index is -0.381. The van der Waals surface area contributed by atoms with E-state index in [1.54, 1.807) is 12.1 Å². The molecule has 0 radical (unpaired) electrons. The smallest absolute Gasteiger partial charge is 0.269 e. The number of ether oxygens (including phenoxy) is 2. The lowest BCUT2D eigenvalue weighted by atomic mass is 10.0. The summed E-state index contributed by atoms with van der Waals surface area (Å²) < 4.78 is 11.5. The summed E-state index contributed by atoms with van der Waals surface area (Å²) in [6, 6.07) is 6.80. The van der Waals surface area contributed by atoms with Crippen molar-refractivity contribution in [3.8, 4) is 0 Å². The maximum absolute atomic E-state index is 10.6. The third-order valence-electron chi connectivity index (χ3n) is 4.17. The van der Waals surface area contributed by atoms with Crippen LogP contribution >= 0.6 is 0 Å². The molecule has 6 heteroatoms. The zero-order valence-electron chi connectivity index (χ0n) is 12.0. The summed E-state index contributed by atoms with van der Waals surface area (Å²) >= 11 is 0. The number of hydrogen-bond donors (Lipinski definition) is 0. The van der Waals surface area contributed by atoms with Crippen LogP contribution in [0.1, 0.15) is 18.4 Å². The number of likely N-dealkylation sites (tertiary alicyclic amines) is 1. The van der Waals surface area contributed by atoms with Crippen LogP contribution in [0.3, 0.4) is 0 Å². The van der Waals surface area contributed by atoms with E-state index in [0.29, 0.717) is 13.2 Å². The lowest BCUT2D eigenvalue weighted by molar-refractivity contribution is -0.384. The molecule has 0 aromatic heterocycles. The first-order valence-electron chi connectivity index (χ1n) is 7.41. The van der Waals surface area contributed by atoms with E-state index in [-0.39, 0.29) is 16.4 Å². The Morgan fingerprint density at radius 1 is 1.24 bits per heavy atom. The Kier molecular flexibility index (Phi) is 4.19. The fourth-order valence-corrected chi connectivity index (χ4v) is 3.07. The van der Waals surface area contributed by atoms with Crippen LogP contribution in [0.5, 0.6) is 0 Å². The molecule has 2 aliphatic heterocycles. The standard InChI is InChI=1S/C15H20N2O4/c18-17(19)14-4-2-13(3-5-14)6-9-16-8-1-7-15(12-16)20-10-11-21-15/h2-5H,1,6-12H2. The Labute approximate surface area is 123 Å². The van der Waals surface area contributed by atoms with E-state index in [1.165, 1.54) is 0 Å². The average molecular weight is 292 g/mol. The van der Waals surface area contributed by atoms with Crippen LogP contribution in [-0.4, -0.2) is 48.5 Å². The SMILES string of the molecule is O=[N+]([O-])c1ccc(CCN2CCCC3(C2)OCCO3)cc1. The molecule has 1 aromatic rings. The van der Waals surface area contributed by atoms with Gasteiger partial charge in [0.25, 0.3) is 5.69 Å². The number of benzene rings is 1. The van der Waals surface area contributed by atoms with Crippen LogP contribution in [0.15, 0.2) is 24.3 Å². The molecule has 2 fully saturated rings. The van der Waals surface area contributed by atoms with Crippen LogP contribution in [0.2, 0.25) is 0 Å². The molecule has 0 saturated carbocycles. The van der Waals surface area contributed by atoms with Gasteiger partial charge in [-0.3, -0.25) is 15.0 Å². The van der Waals surface area contributed by atoms with Gasteiger partial charge in [0, 0.05) is 25.1 Å². The second-order valence-electron chi connectivity index (χ2n) is 5.66. The third kappa shape index (κ3) is 3.40. The van der Waals surface area contributed by atoms with Crippen molar-refractivity contribution in [3.63, 3.8) is 0 Å². The summed E-state index contributed by atoms with van der Waals surface area (Å²) in [6.07, 6.45) is 2.94. The van der Waals surface area contributed by atoms with Gasteiger partial charge in [-0.25, -0.2) is 0 Å². The Morgan fingerprint density at radius 3 is 2.62 bits per heavy atom. The highest BCUT2D eigenvalue weighted by atomic mass is 16.7. The van der Waals surface area contributed by atoms with Crippen molar-refractivity contribution < 1.29 is 14.4 Å². The summed E-state index contributed by atoms with van der Waals surface area (Å²) in [4.78, 5) is 12.6. The highest BCUT2D eigenvalue weighted by Crippen LogP contribution is 2.30. The highest BCUT2D eigenvalue weighted by molar-refractivity contribution is 5.32. The number of rotatable bonds is 4. The first kappa shape index (κ1) is 14.4. The summed E-state index contributed by atoms with van der Waals surface area (Å²) in [5, 5.41) is 10.6. The number of non-ortho nitro benzene ring substituents is 1. The maximum Gasteiger partial charge on any atom is 0.269 e. The van der Waals surface area contributed by atoms with Crippen molar-refractivity contribution in [2.75, 3.05) is 32.8 Å². The average Bonchev–Trinajstić information content (AvgIpc) is 2.93. The predicted octanol–water partition coefficient (Wildman–Crippen LogP) is 1.98. The lowest BCUT2D eigenvalue weighted by Gasteiger charge is -2.38. The summed E-state index contributed by atoms with van der Waals surface area (Å²) in [7, 11) is 0. The van der Waals surface area contributed by atoms with E-state index in [9.17, 15) is 10.1 Å². The van der Waals surface area contributed by atoms with Crippen molar-refractivity contribution in [1.82, 2.24) is 4.90 Å². The minimum absolute atomic E-state index is 0.142. The molecular weight excluding hydrogens is 272 g/mol. The third-order valence-corrected chi connectivity index (χ3v) is 4.17. The fraction of sp³-hybridized carbons (Fsp3) is 0.600. The molecular formula is C15H20N2O4. The van der Waals surface area contributed by atoms with E-state index >= 15 is 0 Å². The lowest BCUT2D eigenvalue weighted by Crippen LogP contribution is -2.49. The van der Waals surface area contributed by atoms with Gasteiger partial charge in [-0.1, -0.05) is 12.1 Å². The molecule has 3 rings (SSSR count). The van der Waals surface area contributed by atoms with E-state index in [0.717, 1.165) is 44.5 Å². The number of nitro groups is 1. The van der Waals surface area contributed by atoms with Gasteiger partial charge in [0.2, 0.25) is 0 Å². The second-order valence-corrected chi connectivity index (χ2v) is 5.66. The van der Waals surface area contributed by atoms with Gasteiger partial charge in [-0.2, -0.15) is 0 Å². The molecule has 0 aliphatic carbocycles. The monoisotopic (exact) mass is 292 g/mol. The second kappa shape index (κ2) is 6.09. The first-order chi connectivity index (χ1) is 10.2. The summed E-state index contributed by atoms with van der Waals surface area (Å²) in [6.45, 7) is 4.18. The van der Waals surface area contributed by atoms with Crippen LogP contribution in [0, 0.1) is 10.1 Å². The van der Waals surface area contributed by atoms with Gasteiger partial charge in [-0.05, 0) is 24.9 Å². The van der Waals surface area contributed by atoms with Gasteiger partial charge >= 0.3 is 0 Å². The first-order valence-corrected chi connectivity index (χ1v) is 7.41. The Bertz CT molecular complexity index is 497. The zero-order valence-corrected chi connectivity index (χ0v) is 12.0. The van der Waals surface area contributed by atoms with Crippen molar-refractivity contribution in [1.29, 1.82) is 0 Å². The van der Waals surface area contributed by atoms with Crippen LogP contribution < -0.4 is 0 Å². The molecule has 2 heterocycles. The fourth-order valence-electron chi connectivity index (χ4n) is 3.07. The molecule has 2 aliphatic rings. The van der Waals surface area contributed by atoms with Gasteiger partial charge in [0.1, 0.15) is 0 Å². The number of nitro benzene ring substituents is 1. The quantitative estimate of drug-likeness (QED) is 0.627. The van der Waals surface area contributed by atoms with E-state index in [1.807, 2.05) is 12.1 Å². The van der Waals surface area contributed by atoms with Crippen LogP contribution in [0.25, 0.3) is 0 Å².